The lowest BCUT2D eigenvalue weighted by Gasteiger charge is -2.61. The minimum absolute atomic E-state index is 0.0802. The van der Waals surface area contributed by atoms with Gasteiger partial charge < -0.3 is 24.8 Å². The van der Waals surface area contributed by atoms with Crippen molar-refractivity contribution in [3.63, 3.8) is 0 Å². The largest absolute Gasteiger partial charge is 0.489 e. The molecule has 0 aromatic carbocycles. The Morgan fingerprint density at radius 2 is 1.93 bits per heavy atom. The van der Waals surface area contributed by atoms with Crippen LogP contribution in [-0.4, -0.2) is 62.0 Å². The number of hydrogen-bond donors (Lipinski definition) is 2. The number of anilines is 2. The molecule has 1 amide bonds. The van der Waals surface area contributed by atoms with E-state index in [1.54, 1.807) is 43.9 Å². The molecule has 2 N–H and O–H groups in total. The van der Waals surface area contributed by atoms with Crippen molar-refractivity contribution in [2.45, 2.75) is 63.6 Å². The smallest absolute Gasteiger partial charge is 0.230 e. The van der Waals surface area contributed by atoms with E-state index in [0.29, 0.717) is 34.3 Å². The van der Waals surface area contributed by atoms with Crippen LogP contribution < -0.4 is 19.7 Å². The summed E-state index contributed by atoms with van der Waals surface area (Å²) >= 11 is 0. The number of aromatic nitrogens is 4. The van der Waals surface area contributed by atoms with E-state index in [1.807, 2.05) is 30.5 Å². The molecule has 4 aliphatic rings. The number of pyridine rings is 3. The Hall–Kier alpha value is -4.69. The number of piperidine rings is 2. The van der Waals surface area contributed by atoms with Gasteiger partial charge in [-0.1, -0.05) is 0 Å². The molecule has 8 rings (SSSR count). The minimum atomic E-state index is -1.00. The molecule has 6 heterocycles. The van der Waals surface area contributed by atoms with Crippen LogP contribution in [0.15, 0.2) is 55.1 Å². The number of hydrogen-bond acceptors (Lipinski definition) is 9. The van der Waals surface area contributed by atoms with Crippen LogP contribution in [-0.2, 0) is 4.79 Å². The third kappa shape index (κ3) is 4.99. The van der Waals surface area contributed by atoms with E-state index >= 15 is 0 Å². The number of carbonyl (C=O) groups is 1. The van der Waals surface area contributed by atoms with Crippen molar-refractivity contribution < 1.29 is 19.4 Å². The van der Waals surface area contributed by atoms with E-state index in [-0.39, 0.29) is 24.6 Å². The number of fused-ring (bicyclic) bond motifs is 1. The van der Waals surface area contributed by atoms with Crippen LogP contribution in [0.1, 0.15) is 51.5 Å². The quantitative estimate of drug-likeness (QED) is 0.300. The van der Waals surface area contributed by atoms with Crippen molar-refractivity contribution in [2.24, 2.45) is 11.3 Å². The van der Waals surface area contributed by atoms with E-state index in [4.69, 9.17) is 14.5 Å². The lowest BCUT2D eigenvalue weighted by atomic mass is 9.55. The molecule has 0 radical (unpaired) electrons. The Morgan fingerprint density at radius 3 is 2.57 bits per heavy atom. The zero-order valence-corrected chi connectivity index (χ0v) is 25.0. The lowest BCUT2D eigenvalue weighted by molar-refractivity contribution is -0.134. The third-order valence-electron chi connectivity index (χ3n) is 9.24. The number of rotatable bonds is 8. The molecule has 2 unspecified atom stereocenters. The highest BCUT2D eigenvalue weighted by molar-refractivity contribution is 5.96. The summed E-state index contributed by atoms with van der Waals surface area (Å²) in [7, 11) is 1.57. The molecule has 4 aromatic heterocycles. The van der Waals surface area contributed by atoms with Gasteiger partial charge in [0.2, 0.25) is 11.8 Å². The highest BCUT2D eigenvalue weighted by Crippen LogP contribution is 2.57. The van der Waals surface area contributed by atoms with Crippen LogP contribution in [0.25, 0.3) is 16.6 Å². The Morgan fingerprint density at radius 1 is 1.14 bits per heavy atom. The molecule has 2 aliphatic carbocycles. The average Bonchev–Trinajstić information content (AvgIpc) is 3.43. The maximum absolute atomic E-state index is 13.7. The number of nitrogens with zero attached hydrogens (tertiary/aromatic N) is 6. The monoisotopic (exact) mass is 593 g/mol. The highest BCUT2D eigenvalue weighted by atomic mass is 16.5. The number of ether oxygens (including phenoxy) is 2. The first-order valence-electron chi connectivity index (χ1n) is 15.0. The number of nitrogens with one attached hydrogen (secondary N) is 1. The van der Waals surface area contributed by atoms with Gasteiger partial charge in [-0.05, 0) is 76.1 Å². The standard InChI is InChI=1S/C33H35N7O4/c1-32(2,42)19-44-26-10-27(30-22(14-34)16-37-39(30)18-26)21-4-6-28(35-15-21)40-24-8-20-9-25(40)13-33(11-20,12-24)31(41)38-23-5-7-29(43-3)36-17-23/h4-7,10,15-18,20,24-25,42H,8-9,11-13,19H2,1-3H3,(H,38,41)/t20?,24-,25+,33?. The van der Waals surface area contributed by atoms with Gasteiger partial charge in [-0.25, -0.2) is 14.5 Å². The first kappa shape index (κ1) is 28.1. The van der Waals surface area contributed by atoms with Crippen molar-refractivity contribution in [3.8, 4) is 28.8 Å². The highest BCUT2D eigenvalue weighted by Gasteiger charge is 2.58. The van der Waals surface area contributed by atoms with E-state index in [9.17, 15) is 15.2 Å². The molecule has 4 fully saturated rings. The summed E-state index contributed by atoms with van der Waals surface area (Å²) in [6.07, 6.45) is 11.4. The van der Waals surface area contributed by atoms with Crippen LogP contribution in [0.4, 0.5) is 11.5 Å². The van der Waals surface area contributed by atoms with Gasteiger partial charge in [0.1, 0.15) is 24.2 Å². The number of carbonyl (C=O) groups excluding carboxylic acids is 1. The molecular weight excluding hydrogens is 558 g/mol. The molecule has 4 bridgehead atoms. The van der Waals surface area contributed by atoms with Crippen LogP contribution in [0, 0.1) is 22.7 Å². The van der Waals surface area contributed by atoms with Gasteiger partial charge >= 0.3 is 0 Å². The van der Waals surface area contributed by atoms with Gasteiger partial charge in [0, 0.05) is 35.5 Å². The van der Waals surface area contributed by atoms with Crippen molar-refractivity contribution in [2.75, 3.05) is 23.9 Å². The first-order valence-corrected chi connectivity index (χ1v) is 15.0. The van der Waals surface area contributed by atoms with Crippen LogP contribution in [0.5, 0.6) is 11.6 Å². The minimum Gasteiger partial charge on any atom is -0.489 e. The van der Waals surface area contributed by atoms with Crippen LogP contribution in [0.3, 0.4) is 0 Å². The molecule has 0 spiro atoms. The van der Waals surface area contributed by atoms with Gasteiger partial charge in [0.05, 0.1) is 53.5 Å². The molecule has 44 heavy (non-hydrogen) atoms. The maximum Gasteiger partial charge on any atom is 0.230 e. The van der Waals surface area contributed by atoms with Gasteiger partial charge in [0.15, 0.2) is 0 Å². The fourth-order valence-electron chi connectivity index (χ4n) is 7.55. The Balaban J connectivity index is 1.14. The summed E-state index contributed by atoms with van der Waals surface area (Å²) in [5.41, 5.74) is 2.03. The van der Waals surface area contributed by atoms with Crippen molar-refractivity contribution in [1.82, 2.24) is 19.6 Å². The van der Waals surface area contributed by atoms with E-state index in [2.05, 4.69) is 26.4 Å². The molecule has 11 nitrogen and oxygen atoms in total. The lowest BCUT2D eigenvalue weighted by Crippen LogP contribution is -2.64. The summed E-state index contributed by atoms with van der Waals surface area (Å²) in [5.74, 6) is 2.55. The maximum atomic E-state index is 13.7. The molecule has 11 heteroatoms. The second-order valence-electron chi connectivity index (χ2n) is 13.0. The summed E-state index contributed by atoms with van der Waals surface area (Å²) in [5, 5.41) is 27.4. The van der Waals surface area contributed by atoms with Crippen LogP contribution >= 0.6 is 0 Å². The Kier molecular flexibility index (Phi) is 6.70. The first-order chi connectivity index (χ1) is 21.1. The fourth-order valence-corrected chi connectivity index (χ4v) is 7.55. The predicted molar refractivity (Wildman–Crippen MR) is 163 cm³/mol. The topological polar surface area (TPSA) is 138 Å². The second kappa shape index (κ2) is 10.5. The third-order valence-corrected chi connectivity index (χ3v) is 9.24. The van der Waals surface area contributed by atoms with Gasteiger partial charge in [-0.3, -0.25) is 4.79 Å². The Labute approximate surface area is 255 Å². The molecule has 4 atom stereocenters. The van der Waals surface area contributed by atoms with E-state index in [1.165, 1.54) is 6.20 Å². The molecule has 2 aliphatic heterocycles. The van der Waals surface area contributed by atoms with Crippen molar-refractivity contribution >= 4 is 22.9 Å². The number of nitriles is 1. The Bertz CT molecular complexity index is 1740. The number of amides is 1. The number of methoxy groups -OCH3 is 1. The second-order valence-corrected chi connectivity index (χ2v) is 13.0. The molecule has 4 aromatic rings. The molecule has 2 saturated carbocycles. The van der Waals surface area contributed by atoms with E-state index < -0.39 is 11.0 Å². The SMILES string of the molecule is COc1ccc(NC(=O)C23CC4C[C@H](C2)N(c2ccc(-c5cc(OCC(C)(C)O)cn6ncc(C#N)c56)cn2)[C@@H](C4)C3)cn1. The summed E-state index contributed by atoms with van der Waals surface area (Å²) < 4.78 is 12.7. The van der Waals surface area contributed by atoms with Crippen molar-refractivity contribution in [1.29, 1.82) is 5.26 Å². The molecule has 2 saturated heterocycles. The zero-order chi connectivity index (χ0) is 30.6. The summed E-state index contributed by atoms with van der Waals surface area (Å²) in [4.78, 5) is 25.3. The normalized spacial score (nSPS) is 23.9. The fraction of sp³-hybridized carbons (Fsp3) is 0.424. The van der Waals surface area contributed by atoms with Crippen LogP contribution in [0.2, 0.25) is 0 Å². The zero-order valence-electron chi connectivity index (χ0n) is 25.0. The molecular formula is C33H35N7O4. The van der Waals surface area contributed by atoms with Crippen molar-refractivity contribution in [3.05, 3.63) is 60.7 Å². The average molecular weight is 594 g/mol. The van der Waals surface area contributed by atoms with Gasteiger partial charge in [-0.15, -0.1) is 0 Å². The van der Waals surface area contributed by atoms with Gasteiger partial charge in [0.25, 0.3) is 0 Å². The van der Waals surface area contributed by atoms with Gasteiger partial charge in [-0.2, -0.15) is 10.4 Å². The predicted octanol–water partition coefficient (Wildman–Crippen LogP) is 4.60. The number of aliphatic hydroxyl groups is 1. The summed E-state index contributed by atoms with van der Waals surface area (Å²) in [6, 6.07) is 12.2. The summed E-state index contributed by atoms with van der Waals surface area (Å²) in [6.45, 7) is 3.47. The van der Waals surface area contributed by atoms with E-state index in [0.717, 1.165) is 49.0 Å². The molecule has 226 valence electrons.